The first-order valence-corrected chi connectivity index (χ1v) is 11.1. The van der Waals surface area contributed by atoms with Crippen LogP contribution in [0, 0.1) is 5.41 Å². The van der Waals surface area contributed by atoms with E-state index in [-0.39, 0.29) is 12.8 Å². The van der Waals surface area contributed by atoms with E-state index in [2.05, 4.69) is 17.2 Å². The second kappa shape index (κ2) is 8.35. The molecule has 7 nitrogen and oxygen atoms in total. The molecule has 1 N–H and O–H groups in total. The van der Waals surface area contributed by atoms with Crippen LogP contribution in [0.1, 0.15) is 45.2 Å². The van der Waals surface area contributed by atoms with Gasteiger partial charge in [0.2, 0.25) is 0 Å². The second-order valence-corrected chi connectivity index (χ2v) is 8.93. The quantitative estimate of drug-likeness (QED) is 0.382. The van der Waals surface area contributed by atoms with E-state index in [0.29, 0.717) is 24.0 Å². The molecular formula is C22H26N2O5S. The van der Waals surface area contributed by atoms with Crippen LogP contribution in [-0.4, -0.2) is 36.2 Å². The predicted molar refractivity (Wildman–Crippen MR) is 113 cm³/mol. The van der Waals surface area contributed by atoms with Crippen molar-refractivity contribution in [2.45, 2.75) is 51.2 Å². The van der Waals surface area contributed by atoms with Crippen LogP contribution in [0.5, 0.6) is 0 Å². The number of esters is 2. The molecule has 0 unspecified atom stereocenters. The van der Waals surface area contributed by atoms with E-state index in [1.165, 1.54) is 11.3 Å². The normalized spacial score (nSPS) is 28.0. The van der Waals surface area contributed by atoms with Crippen molar-refractivity contribution in [1.82, 2.24) is 4.98 Å². The lowest BCUT2D eigenvalue weighted by Crippen LogP contribution is -2.32. The van der Waals surface area contributed by atoms with Crippen LogP contribution < -0.4 is 5.32 Å². The predicted octanol–water partition coefficient (Wildman–Crippen LogP) is 4.17. The van der Waals surface area contributed by atoms with Gasteiger partial charge in [-0.3, -0.25) is 9.59 Å². The van der Waals surface area contributed by atoms with Gasteiger partial charge in [0, 0.05) is 30.5 Å². The summed E-state index contributed by atoms with van der Waals surface area (Å²) in [5.41, 5.74) is -0.689. The Hall–Kier alpha value is -2.45. The van der Waals surface area contributed by atoms with Gasteiger partial charge in [0.05, 0.1) is 12.3 Å². The molecule has 2 aromatic rings. The number of hydrogen-bond donors (Lipinski definition) is 1. The van der Waals surface area contributed by atoms with E-state index >= 15 is 0 Å². The molecule has 2 aliphatic heterocycles. The summed E-state index contributed by atoms with van der Waals surface area (Å²) in [6.45, 7) is 4.82. The fourth-order valence-electron chi connectivity index (χ4n) is 3.99. The average Bonchev–Trinajstić information content (AvgIpc) is 3.38. The number of ether oxygens (including phenoxy) is 3. The minimum atomic E-state index is -1.27. The van der Waals surface area contributed by atoms with Gasteiger partial charge in [-0.25, -0.2) is 4.98 Å². The molecular weight excluding hydrogens is 404 g/mol. The van der Waals surface area contributed by atoms with Crippen molar-refractivity contribution < 1.29 is 23.8 Å². The van der Waals surface area contributed by atoms with E-state index in [0.717, 1.165) is 18.5 Å². The molecule has 160 valence electrons. The molecule has 0 saturated carbocycles. The number of aromatic nitrogens is 1. The summed E-state index contributed by atoms with van der Waals surface area (Å²) in [6.07, 6.45) is 2.07. The van der Waals surface area contributed by atoms with Gasteiger partial charge in [-0.1, -0.05) is 31.5 Å². The Morgan fingerprint density at radius 3 is 2.83 bits per heavy atom. The summed E-state index contributed by atoms with van der Waals surface area (Å²) in [4.78, 5) is 30.1. The minimum Gasteiger partial charge on any atom is -0.459 e. The van der Waals surface area contributed by atoms with Gasteiger partial charge in [-0.2, -0.15) is 0 Å². The average molecular weight is 431 g/mol. The van der Waals surface area contributed by atoms with Crippen LogP contribution in [-0.2, 0) is 29.4 Å². The van der Waals surface area contributed by atoms with E-state index in [9.17, 15) is 9.59 Å². The monoisotopic (exact) mass is 430 g/mol. The van der Waals surface area contributed by atoms with Crippen LogP contribution >= 0.6 is 11.3 Å². The molecule has 1 aromatic carbocycles. The Labute approximate surface area is 179 Å². The summed E-state index contributed by atoms with van der Waals surface area (Å²) < 4.78 is 16.8. The summed E-state index contributed by atoms with van der Waals surface area (Å²) in [5, 5.41) is 5.81. The van der Waals surface area contributed by atoms with Crippen molar-refractivity contribution >= 4 is 34.1 Å². The highest BCUT2D eigenvalue weighted by molar-refractivity contribution is 7.13. The molecule has 0 amide bonds. The molecule has 1 aromatic heterocycles. The van der Waals surface area contributed by atoms with Gasteiger partial charge >= 0.3 is 11.9 Å². The van der Waals surface area contributed by atoms with Gasteiger partial charge < -0.3 is 19.5 Å². The van der Waals surface area contributed by atoms with Gasteiger partial charge in [-0.05, 0) is 25.5 Å². The number of cyclic esters (lactones) is 2. The molecule has 2 saturated heterocycles. The largest absolute Gasteiger partial charge is 0.459 e. The number of benzene rings is 1. The molecule has 8 heteroatoms. The first-order chi connectivity index (χ1) is 14.4. The number of unbranched alkanes of at least 4 members (excludes halogenated alkanes) is 1. The number of carbonyl (C=O) groups is 2. The molecule has 0 aliphatic carbocycles. The summed E-state index contributed by atoms with van der Waals surface area (Å²) in [6, 6.07) is 9.72. The zero-order valence-electron chi connectivity index (χ0n) is 17.2. The molecule has 1 spiro atoms. The Kier molecular flexibility index (Phi) is 5.79. The Balaban J connectivity index is 1.45. The van der Waals surface area contributed by atoms with Crippen LogP contribution in [0.4, 0.5) is 10.8 Å². The zero-order chi connectivity index (χ0) is 21.2. The molecule has 3 heterocycles. The summed E-state index contributed by atoms with van der Waals surface area (Å²) in [5.74, 6) is -1.05. The van der Waals surface area contributed by atoms with Crippen molar-refractivity contribution in [3.8, 4) is 0 Å². The van der Waals surface area contributed by atoms with Crippen LogP contribution in [0.15, 0.2) is 35.7 Å². The van der Waals surface area contributed by atoms with Crippen molar-refractivity contribution in [3.63, 3.8) is 0 Å². The highest BCUT2D eigenvalue weighted by atomic mass is 32.1. The van der Waals surface area contributed by atoms with Crippen LogP contribution in [0.2, 0.25) is 0 Å². The minimum absolute atomic E-state index is 0.220. The van der Waals surface area contributed by atoms with Gasteiger partial charge in [0.1, 0.15) is 6.10 Å². The van der Waals surface area contributed by atoms with Crippen molar-refractivity contribution in [3.05, 3.63) is 41.4 Å². The van der Waals surface area contributed by atoms with Crippen LogP contribution in [0.3, 0.4) is 0 Å². The van der Waals surface area contributed by atoms with Crippen molar-refractivity contribution in [2.24, 2.45) is 5.41 Å². The lowest BCUT2D eigenvalue weighted by atomic mass is 9.78. The number of nitrogens with one attached hydrogen (secondary N) is 1. The number of anilines is 2. The molecule has 0 radical (unpaired) electrons. The molecule has 3 atom stereocenters. The number of para-hydroxylation sites is 1. The van der Waals surface area contributed by atoms with E-state index in [4.69, 9.17) is 14.2 Å². The standard InChI is InChI=1S/C22H26N2O5S/c1-3-4-10-27-12-16-11-22(18(25)28-16)14-21(2,29-19(22)26)17-13-30-20(24-17)23-15-8-6-5-7-9-15/h5-9,13,16H,3-4,10-12,14H2,1-2H3,(H,23,24)/t16-,21+,22+/m1/s1. The number of nitrogens with zero attached hydrogens (tertiary/aromatic N) is 1. The maximum Gasteiger partial charge on any atom is 0.324 e. The van der Waals surface area contributed by atoms with E-state index in [1.54, 1.807) is 6.92 Å². The fraction of sp³-hybridized carbons (Fsp3) is 0.500. The Bertz CT molecular complexity index is 917. The van der Waals surface area contributed by atoms with Gasteiger partial charge in [-0.15, -0.1) is 11.3 Å². The van der Waals surface area contributed by atoms with Gasteiger partial charge in [0.25, 0.3) is 0 Å². The first kappa shape index (κ1) is 20.8. The smallest absolute Gasteiger partial charge is 0.324 e. The molecule has 30 heavy (non-hydrogen) atoms. The number of rotatable bonds is 8. The summed E-state index contributed by atoms with van der Waals surface area (Å²) >= 11 is 1.43. The summed E-state index contributed by atoms with van der Waals surface area (Å²) in [7, 11) is 0. The molecule has 2 aliphatic rings. The van der Waals surface area contributed by atoms with E-state index < -0.39 is 29.1 Å². The Morgan fingerprint density at radius 2 is 2.07 bits per heavy atom. The maximum absolute atomic E-state index is 12.8. The van der Waals surface area contributed by atoms with E-state index in [1.807, 2.05) is 35.7 Å². The highest BCUT2D eigenvalue weighted by Gasteiger charge is 2.65. The second-order valence-electron chi connectivity index (χ2n) is 8.07. The Morgan fingerprint density at radius 1 is 1.27 bits per heavy atom. The number of carbonyl (C=O) groups excluding carboxylic acids is 2. The lowest BCUT2D eigenvalue weighted by molar-refractivity contribution is -0.160. The third-order valence-corrected chi connectivity index (χ3v) is 6.36. The van der Waals surface area contributed by atoms with Crippen LogP contribution in [0.25, 0.3) is 0 Å². The molecule has 4 rings (SSSR count). The SMILES string of the molecule is CCCCOC[C@H]1C[C@]2(C[C@@](C)(c3csc(Nc4ccccc4)n3)OC2=O)C(=O)O1. The highest BCUT2D eigenvalue weighted by Crippen LogP contribution is 2.52. The zero-order valence-corrected chi connectivity index (χ0v) is 18.0. The topological polar surface area (TPSA) is 86.8 Å². The van der Waals surface area contributed by atoms with Crippen molar-refractivity contribution in [2.75, 3.05) is 18.5 Å². The number of thiazole rings is 1. The lowest BCUT2D eigenvalue weighted by Gasteiger charge is -2.20. The first-order valence-electron chi connectivity index (χ1n) is 10.3. The third-order valence-electron chi connectivity index (χ3n) is 5.61. The molecule has 0 bridgehead atoms. The van der Waals surface area contributed by atoms with Crippen molar-refractivity contribution in [1.29, 1.82) is 0 Å². The number of hydrogen-bond acceptors (Lipinski definition) is 8. The third kappa shape index (κ3) is 3.94. The maximum atomic E-state index is 12.8. The molecule has 2 fully saturated rings. The fourth-order valence-corrected chi connectivity index (χ4v) is 4.84. The van der Waals surface area contributed by atoms with Gasteiger partial charge in [0.15, 0.2) is 16.1 Å².